The molecular weight excluding hydrogens is 304 g/mol. The average Bonchev–Trinajstić information content (AvgIpc) is 2.53. The maximum atomic E-state index is 5.37. The van der Waals surface area contributed by atoms with E-state index in [1.165, 1.54) is 5.52 Å². The lowest BCUT2D eigenvalue weighted by molar-refractivity contribution is 0.620. The van der Waals surface area contributed by atoms with Crippen LogP contribution in [0.1, 0.15) is 13.0 Å². The van der Waals surface area contributed by atoms with E-state index in [0.717, 1.165) is 20.5 Å². The second-order valence-electron chi connectivity index (χ2n) is 3.77. The monoisotopic (exact) mass is 316 g/mol. The Labute approximate surface area is 113 Å². The van der Waals surface area contributed by atoms with Gasteiger partial charge in [-0.2, -0.15) is 11.8 Å². The minimum absolute atomic E-state index is 0.408. The van der Waals surface area contributed by atoms with Crippen LogP contribution in [0.15, 0.2) is 22.7 Å². The van der Waals surface area contributed by atoms with Gasteiger partial charge >= 0.3 is 0 Å². The fraction of sp³-hybridized carbons (Fsp3) is 0.364. The Morgan fingerprint density at radius 1 is 1.56 bits per heavy atom. The van der Waals surface area contributed by atoms with Crippen molar-refractivity contribution in [2.45, 2.75) is 13.0 Å². The zero-order valence-corrected chi connectivity index (χ0v) is 12.4. The molecule has 0 aliphatic heterocycles. The van der Waals surface area contributed by atoms with Gasteiger partial charge < -0.3 is 9.55 Å². The Morgan fingerprint density at radius 3 is 3.00 bits per heavy atom. The van der Waals surface area contributed by atoms with Gasteiger partial charge in [0.15, 0.2) is 4.77 Å². The van der Waals surface area contributed by atoms with Crippen LogP contribution in [0.2, 0.25) is 0 Å². The Hall–Kier alpha value is -0.260. The van der Waals surface area contributed by atoms with Crippen molar-refractivity contribution in [1.29, 1.82) is 0 Å². The van der Waals surface area contributed by atoms with Crippen LogP contribution in [-0.2, 0) is 0 Å². The maximum absolute atomic E-state index is 5.37. The molecular formula is C11H13BrN2S2. The summed E-state index contributed by atoms with van der Waals surface area (Å²) in [5.41, 5.74) is 2.27. The average molecular weight is 317 g/mol. The molecule has 1 N–H and O–H groups in total. The number of thioether (sulfide) groups is 1. The molecule has 0 spiro atoms. The van der Waals surface area contributed by atoms with Gasteiger partial charge in [-0.15, -0.1) is 0 Å². The van der Waals surface area contributed by atoms with Gasteiger partial charge in [0.1, 0.15) is 0 Å². The number of H-pyrrole nitrogens is 1. The highest BCUT2D eigenvalue weighted by atomic mass is 79.9. The number of imidazole rings is 1. The van der Waals surface area contributed by atoms with Crippen molar-refractivity contribution in [1.82, 2.24) is 9.55 Å². The highest BCUT2D eigenvalue weighted by Crippen LogP contribution is 2.24. The summed E-state index contributed by atoms with van der Waals surface area (Å²) in [7, 11) is 0. The molecule has 1 heterocycles. The molecule has 1 aromatic carbocycles. The number of benzene rings is 1. The molecule has 2 nitrogen and oxygen atoms in total. The van der Waals surface area contributed by atoms with E-state index in [0.29, 0.717) is 6.04 Å². The van der Waals surface area contributed by atoms with Gasteiger partial charge in [0.2, 0.25) is 0 Å². The number of hydrogen-bond donors (Lipinski definition) is 1. The lowest BCUT2D eigenvalue weighted by Crippen LogP contribution is -2.07. The molecule has 0 amide bonds. The van der Waals surface area contributed by atoms with Crippen LogP contribution in [0.3, 0.4) is 0 Å². The van der Waals surface area contributed by atoms with Crippen molar-refractivity contribution in [2.75, 3.05) is 12.0 Å². The molecule has 16 heavy (non-hydrogen) atoms. The second kappa shape index (κ2) is 4.94. The first-order chi connectivity index (χ1) is 7.63. The van der Waals surface area contributed by atoms with Gasteiger partial charge in [-0.25, -0.2) is 0 Å². The summed E-state index contributed by atoms with van der Waals surface area (Å²) in [6.07, 6.45) is 2.12. The lowest BCUT2D eigenvalue weighted by Gasteiger charge is -2.13. The second-order valence-corrected chi connectivity index (χ2v) is 5.98. The number of aromatic amines is 1. The zero-order valence-electron chi connectivity index (χ0n) is 9.16. The molecule has 2 aromatic rings. The van der Waals surface area contributed by atoms with Crippen LogP contribution in [0.5, 0.6) is 0 Å². The highest BCUT2D eigenvalue weighted by molar-refractivity contribution is 9.10. The number of nitrogens with zero attached hydrogens (tertiary/aromatic N) is 1. The maximum Gasteiger partial charge on any atom is 0.178 e. The van der Waals surface area contributed by atoms with Gasteiger partial charge in [-0.05, 0) is 43.6 Å². The van der Waals surface area contributed by atoms with Crippen LogP contribution in [-0.4, -0.2) is 21.6 Å². The van der Waals surface area contributed by atoms with Gasteiger partial charge in [0.25, 0.3) is 0 Å². The van der Waals surface area contributed by atoms with Crippen LogP contribution >= 0.6 is 39.9 Å². The predicted molar refractivity (Wildman–Crippen MR) is 77.9 cm³/mol. The Morgan fingerprint density at radius 2 is 2.31 bits per heavy atom. The minimum atomic E-state index is 0.408. The third kappa shape index (κ3) is 2.21. The fourth-order valence-corrected chi connectivity index (χ4v) is 3.22. The van der Waals surface area contributed by atoms with Crippen molar-refractivity contribution in [2.24, 2.45) is 0 Å². The summed E-state index contributed by atoms with van der Waals surface area (Å²) in [6, 6.07) is 6.60. The summed E-state index contributed by atoms with van der Waals surface area (Å²) in [4.78, 5) is 3.24. The quantitative estimate of drug-likeness (QED) is 0.848. The van der Waals surface area contributed by atoms with Crippen LogP contribution in [0, 0.1) is 4.77 Å². The molecule has 2 rings (SSSR count). The van der Waals surface area contributed by atoms with E-state index in [2.05, 4.69) is 50.8 Å². The molecule has 0 radical (unpaired) electrons. The minimum Gasteiger partial charge on any atom is -0.331 e. The van der Waals surface area contributed by atoms with E-state index in [-0.39, 0.29) is 0 Å². The van der Waals surface area contributed by atoms with Gasteiger partial charge in [0, 0.05) is 16.3 Å². The number of halogens is 1. The first-order valence-corrected chi connectivity index (χ1v) is 7.61. The van der Waals surface area contributed by atoms with Crippen LogP contribution < -0.4 is 0 Å². The van der Waals surface area contributed by atoms with Crippen molar-refractivity contribution in [3.63, 3.8) is 0 Å². The predicted octanol–water partition coefficient (Wildman–Crippen LogP) is 4.39. The first-order valence-electron chi connectivity index (χ1n) is 5.02. The third-order valence-electron chi connectivity index (χ3n) is 2.53. The molecule has 1 unspecified atom stereocenters. The van der Waals surface area contributed by atoms with Crippen molar-refractivity contribution >= 4 is 50.9 Å². The normalized spacial score (nSPS) is 13.2. The van der Waals surface area contributed by atoms with Gasteiger partial charge in [-0.3, -0.25) is 0 Å². The topological polar surface area (TPSA) is 20.7 Å². The summed E-state index contributed by atoms with van der Waals surface area (Å²) in [5, 5.41) is 0. The third-order valence-corrected chi connectivity index (χ3v) is 4.14. The molecule has 0 saturated heterocycles. The van der Waals surface area contributed by atoms with E-state index in [4.69, 9.17) is 12.2 Å². The van der Waals surface area contributed by atoms with Crippen molar-refractivity contribution in [3.8, 4) is 0 Å². The van der Waals surface area contributed by atoms with E-state index >= 15 is 0 Å². The SMILES string of the molecule is CSCC(C)n1c(=S)[nH]c2ccc(Br)cc21. The lowest BCUT2D eigenvalue weighted by atomic mass is 10.3. The largest absolute Gasteiger partial charge is 0.331 e. The number of rotatable bonds is 3. The van der Waals surface area contributed by atoms with E-state index in [1.54, 1.807) is 0 Å². The Kier molecular flexibility index (Phi) is 3.77. The van der Waals surface area contributed by atoms with Gasteiger partial charge in [-0.1, -0.05) is 15.9 Å². The Bertz CT molecular complexity index is 559. The highest BCUT2D eigenvalue weighted by Gasteiger charge is 2.10. The smallest absolute Gasteiger partial charge is 0.178 e. The van der Waals surface area contributed by atoms with Crippen molar-refractivity contribution < 1.29 is 0 Å². The number of nitrogens with one attached hydrogen (secondary N) is 1. The molecule has 5 heteroatoms. The molecule has 1 aromatic heterocycles. The molecule has 0 aliphatic rings. The van der Waals surface area contributed by atoms with Crippen LogP contribution in [0.4, 0.5) is 0 Å². The number of hydrogen-bond acceptors (Lipinski definition) is 2. The van der Waals surface area contributed by atoms with Crippen molar-refractivity contribution in [3.05, 3.63) is 27.4 Å². The van der Waals surface area contributed by atoms with Crippen LogP contribution in [0.25, 0.3) is 11.0 Å². The molecule has 1 atom stereocenters. The molecule has 0 bridgehead atoms. The molecule has 0 aliphatic carbocycles. The van der Waals surface area contributed by atoms with E-state index in [1.807, 2.05) is 17.8 Å². The zero-order chi connectivity index (χ0) is 11.7. The Balaban J connectivity index is 2.62. The van der Waals surface area contributed by atoms with E-state index < -0.39 is 0 Å². The van der Waals surface area contributed by atoms with Gasteiger partial charge in [0.05, 0.1) is 11.0 Å². The molecule has 0 saturated carbocycles. The summed E-state index contributed by atoms with van der Waals surface area (Å²) in [5.74, 6) is 1.06. The summed E-state index contributed by atoms with van der Waals surface area (Å²) < 4.78 is 4.07. The fourth-order valence-electron chi connectivity index (χ4n) is 1.85. The van der Waals surface area contributed by atoms with E-state index in [9.17, 15) is 0 Å². The molecule has 0 fully saturated rings. The number of aromatic nitrogens is 2. The summed E-state index contributed by atoms with van der Waals surface area (Å²) in [6.45, 7) is 2.19. The number of fused-ring (bicyclic) bond motifs is 1. The standard InChI is InChI=1S/C11H13BrN2S2/c1-7(6-16-2)14-10-5-8(12)3-4-9(10)13-11(14)15/h3-5,7H,6H2,1-2H3,(H,13,15). The molecule has 86 valence electrons. The first kappa shape index (κ1) is 12.2. The summed E-state index contributed by atoms with van der Waals surface area (Å²) >= 11 is 10.7.